The van der Waals surface area contributed by atoms with Crippen molar-refractivity contribution in [3.05, 3.63) is 59.9 Å². The molecule has 0 amide bonds. The topological polar surface area (TPSA) is 66.4 Å². The average Bonchev–Trinajstić information content (AvgIpc) is 2.90. The van der Waals surface area contributed by atoms with Crippen LogP contribution in [-0.2, 0) is 24.2 Å². The van der Waals surface area contributed by atoms with E-state index in [0.717, 1.165) is 6.54 Å². The molecule has 2 aromatic carbocycles. The lowest BCUT2D eigenvalue weighted by molar-refractivity contribution is -0.647. The predicted molar refractivity (Wildman–Crippen MR) is 121 cm³/mol. The first-order chi connectivity index (χ1) is 13.6. The quantitative estimate of drug-likeness (QED) is 0.378. The molecule has 3 aromatic rings. The molecule has 29 heavy (non-hydrogen) atoms. The van der Waals surface area contributed by atoms with Gasteiger partial charge in [0.2, 0.25) is 0 Å². The van der Waals surface area contributed by atoms with Crippen LogP contribution in [0.25, 0.3) is 23.2 Å². The highest BCUT2D eigenvalue weighted by Crippen LogP contribution is 2.17. The van der Waals surface area contributed by atoms with Gasteiger partial charge in [-0.25, -0.2) is 9.13 Å². The fourth-order valence-corrected chi connectivity index (χ4v) is 3.25. The molecule has 1 N–H and O–H groups in total. The Bertz CT molecular complexity index is 1040. The monoisotopic (exact) mass is 436 g/mol. The van der Waals surface area contributed by atoms with E-state index in [-0.39, 0.29) is 0 Å². The van der Waals surface area contributed by atoms with E-state index in [9.17, 15) is 8.42 Å². The fraction of sp³-hybridized carbons (Fsp3) is 0.286. The Morgan fingerprint density at radius 2 is 1.72 bits per heavy atom. The molecule has 1 heterocycles. The first-order valence-electron chi connectivity index (χ1n) is 9.03. The van der Waals surface area contributed by atoms with E-state index in [1.165, 1.54) is 28.1 Å². The molecular formula is C21H27ClN3O3S+. The first-order valence-corrected chi connectivity index (χ1v) is 11.4. The highest BCUT2D eigenvalue weighted by molar-refractivity contribution is 7.85. The van der Waals surface area contributed by atoms with Gasteiger partial charge in [-0.1, -0.05) is 24.3 Å². The molecule has 156 valence electrons. The van der Waals surface area contributed by atoms with Gasteiger partial charge < -0.3 is 4.90 Å². The second kappa shape index (κ2) is 9.91. The lowest BCUT2D eigenvalue weighted by atomic mass is 10.2. The van der Waals surface area contributed by atoms with Crippen molar-refractivity contribution in [1.29, 1.82) is 0 Å². The zero-order valence-electron chi connectivity index (χ0n) is 17.1. The average molecular weight is 437 g/mol. The van der Waals surface area contributed by atoms with Crippen LogP contribution in [0.4, 0.5) is 5.69 Å². The number of alkyl halides is 1. The fourth-order valence-electron chi connectivity index (χ4n) is 2.99. The molecule has 0 aliphatic rings. The number of fused-ring (bicyclic) bond motifs is 1. The summed E-state index contributed by atoms with van der Waals surface area (Å²) in [6.45, 7) is 0.850. The van der Waals surface area contributed by atoms with Gasteiger partial charge in [0.1, 0.15) is 0 Å². The van der Waals surface area contributed by atoms with Crippen molar-refractivity contribution in [2.24, 2.45) is 14.1 Å². The maximum Gasteiger partial charge on any atom is 0.281 e. The lowest BCUT2D eigenvalue weighted by Gasteiger charge is -2.17. The minimum Gasteiger partial charge on any atom is -0.373 e. The van der Waals surface area contributed by atoms with E-state index in [4.69, 9.17) is 16.2 Å². The molecule has 0 bridgehead atoms. The number of anilines is 1. The number of halogens is 1. The molecule has 0 aliphatic carbocycles. The number of rotatable bonds is 5. The van der Waals surface area contributed by atoms with Crippen LogP contribution in [0.15, 0.2) is 48.5 Å². The molecule has 8 heteroatoms. The second-order valence-electron chi connectivity index (χ2n) is 6.73. The van der Waals surface area contributed by atoms with Crippen molar-refractivity contribution < 1.29 is 17.5 Å². The van der Waals surface area contributed by atoms with E-state index in [2.05, 4.69) is 95.9 Å². The number of hydrogen-bond donors (Lipinski definition) is 1. The first kappa shape index (κ1) is 22.9. The number of hydrogen-bond acceptors (Lipinski definition) is 3. The number of aromatic nitrogens is 2. The van der Waals surface area contributed by atoms with E-state index in [0.29, 0.717) is 12.1 Å². The van der Waals surface area contributed by atoms with Crippen LogP contribution in [0.1, 0.15) is 11.4 Å². The Hall–Kier alpha value is -2.35. The molecule has 6 nitrogen and oxygen atoms in total. The van der Waals surface area contributed by atoms with Crippen molar-refractivity contribution in [3.8, 4) is 0 Å². The summed E-state index contributed by atoms with van der Waals surface area (Å²) in [5, 5.41) is 0. The van der Waals surface area contributed by atoms with Crippen molar-refractivity contribution in [1.82, 2.24) is 4.57 Å². The largest absolute Gasteiger partial charge is 0.373 e. The third-order valence-corrected chi connectivity index (χ3v) is 4.64. The third kappa shape index (κ3) is 6.59. The highest BCUT2D eigenvalue weighted by Gasteiger charge is 2.16. The van der Waals surface area contributed by atoms with Gasteiger partial charge in [-0.3, -0.25) is 4.55 Å². The molecule has 0 spiro atoms. The van der Waals surface area contributed by atoms with Crippen molar-refractivity contribution >= 4 is 50.6 Å². The number of benzene rings is 2. The Balaban J connectivity index is 0.000000537. The van der Waals surface area contributed by atoms with Crippen LogP contribution < -0.4 is 9.47 Å². The van der Waals surface area contributed by atoms with Crippen LogP contribution in [0, 0.1) is 0 Å². The molecule has 0 saturated carbocycles. The van der Waals surface area contributed by atoms with Gasteiger partial charge in [0.25, 0.3) is 15.9 Å². The van der Waals surface area contributed by atoms with Crippen molar-refractivity contribution in [2.75, 3.05) is 30.6 Å². The Morgan fingerprint density at radius 3 is 2.28 bits per heavy atom. The maximum absolute atomic E-state index is 9.19. The summed E-state index contributed by atoms with van der Waals surface area (Å²) < 4.78 is 30.3. The number of aryl methyl sites for hydroxylation is 2. The van der Waals surface area contributed by atoms with Crippen LogP contribution >= 0.6 is 11.6 Å². The number of imidazole rings is 1. The minimum absolute atomic E-state index is 0.635. The van der Waals surface area contributed by atoms with Gasteiger partial charge in [0.15, 0.2) is 11.0 Å². The molecule has 0 unspecified atom stereocenters. The summed E-state index contributed by atoms with van der Waals surface area (Å²) in [5.74, 6) is 1.80. The summed E-state index contributed by atoms with van der Waals surface area (Å²) in [6.07, 6.45) is 5.03. The van der Waals surface area contributed by atoms with E-state index in [1.807, 2.05) is 0 Å². The van der Waals surface area contributed by atoms with E-state index in [1.54, 1.807) is 0 Å². The summed E-state index contributed by atoms with van der Waals surface area (Å²) in [4.78, 5) is 2.16. The molecule has 0 radical (unpaired) electrons. The maximum atomic E-state index is 9.19. The van der Waals surface area contributed by atoms with Crippen LogP contribution in [0.3, 0.4) is 0 Å². The van der Waals surface area contributed by atoms with E-state index < -0.39 is 10.1 Å². The van der Waals surface area contributed by atoms with Gasteiger partial charge in [0, 0.05) is 31.2 Å². The summed E-state index contributed by atoms with van der Waals surface area (Å²) >= 11 is 5.80. The Morgan fingerprint density at radius 1 is 1.14 bits per heavy atom. The van der Waals surface area contributed by atoms with Crippen molar-refractivity contribution in [2.45, 2.75) is 0 Å². The predicted octanol–water partition coefficient (Wildman–Crippen LogP) is 3.35. The van der Waals surface area contributed by atoms with Crippen LogP contribution in [0.5, 0.6) is 0 Å². The van der Waals surface area contributed by atoms with Gasteiger partial charge in [0.05, 0.1) is 20.4 Å². The molecule has 0 aliphatic heterocycles. The van der Waals surface area contributed by atoms with Crippen LogP contribution in [0.2, 0.25) is 0 Å². The van der Waals surface area contributed by atoms with E-state index >= 15 is 0 Å². The molecule has 0 atom stereocenters. The number of nitrogens with zero attached hydrogens (tertiary/aromatic N) is 3. The molecule has 3 rings (SSSR count). The molecule has 0 fully saturated rings. The zero-order chi connectivity index (χ0) is 21.6. The SMILES string of the molecule is CN(CCCl)c1ccc(C=Cc2n(C)c3ccccc3[n+]2C)cc1.CS(=O)(=O)O. The zero-order valence-corrected chi connectivity index (χ0v) is 18.7. The van der Waals surface area contributed by atoms with Gasteiger partial charge >= 0.3 is 0 Å². The summed E-state index contributed by atoms with van der Waals surface area (Å²) in [7, 11) is 2.60. The molecular weight excluding hydrogens is 410 g/mol. The third-order valence-electron chi connectivity index (χ3n) is 4.47. The molecule has 0 saturated heterocycles. The van der Waals surface area contributed by atoms with Gasteiger partial charge in [-0.2, -0.15) is 8.42 Å². The normalized spacial score (nSPS) is 11.5. The second-order valence-corrected chi connectivity index (χ2v) is 8.58. The highest BCUT2D eigenvalue weighted by atomic mass is 35.5. The Labute approximate surface area is 177 Å². The van der Waals surface area contributed by atoms with Crippen molar-refractivity contribution in [3.63, 3.8) is 0 Å². The Kier molecular flexibility index (Phi) is 7.84. The summed E-state index contributed by atoms with van der Waals surface area (Å²) in [6, 6.07) is 17.0. The minimum atomic E-state index is -3.67. The molecule has 1 aromatic heterocycles. The number of para-hydroxylation sites is 2. The summed E-state index contributed by atoms with van der Waals surface area (Å²) in [5.41, 5.74) is 4.83. The standard InChI is InChI=1S/C20H23ClN3.CH4O3S/c1-22(15-14-21)17-11-8-16(9-12-17)10-13-20-23(2)18-6-4-5-7-19(18)24(20)3;1-5(2,3)4/h4-13H,14-15H2,1-3H3;1H3,(H,2,3,4)/q+1;. The van der Waals surface area contributed by atoms with Gasteiger partial charge in [-0.05, 0) is 35.9 Å². The van der Waals surface area contributed by atoms with Gasteiger partial charge in [-0.15, -0.1) is 11.6 Å². The smallest absolute Gasteiger partial charge is 0.281 e. The van der Waals surface area contributed by atoms with Crippen LogP contribution in [-0.4, -0.2) is 43.3 Å². The lowest BCUT2D eigenvalue weighted by Crippen LogP contribution is -2.30.